The van der Waals surface area contributed by atoms with E-state index in [0.717, 1.165) is 37.5 Å². The molecule has 0 aliphatic heterocycles. The molecule has 2 N–H and O–H groups in total. The van der Waals surface area contributed by atoms with Crippen LogP contribution in [0, 0.1) is 40.4 Å². The fraction of sp³-hybridized carbons (Fsp3) is 0.923. The fourth-order valence-electron chi connectivity index (χ4n) is 8.62. The first-order chi connectivity index (χ1) is 14.7. The maximum absolute atomic E-state index is 12.4. The van der Waals surface area contributed by atoms with Gasteiger partial charge in [-0.25, -0.2) is 0 Å². The Morgan fingerprint density at radius 3 is 2.41 bits per heavy atom. The Balaban J connectivity index is 0.00000289. The Bertz CT molecular complexity index is 701. The van der Waals surface area contributed by atoms with Gasteiger partial charge in [-0.3, -0.25) is 9.59 Å². The predicted molar refractivity (Wildman–Crippen MR) is 128 cm³/mol. The number of nitrogens with one attached hydrogen (secondary N) is 1. The van der Waals surface area contributed by atoms with Gasteiger partial charge in [0.1, 0.15) is 17.9 Å². The molecule has 184 valence electrons. The Hall–Kier alpha value is -0.650. The second-order valence-corrected chi connectivity index (χ2v) is 11.7. The zero-order valence-electron chi connectivity index (χ0n) is 20.4. The lowest BCUT2D eigenvalue weighted by Gasteiger charge is -2.61. The van der Waals surface area contributed by atoms with Crippen molar-refractivity contribution in [3.63, 3.8) is 0 Å². The molecule has 6 heteroatoms. The number of rotatable bonds is 6. The van der Waals surface area contributed by atoms with Crippen LogP contribution in [0.5, 0.6) is 0 Å². The lowest BCUT2D eigenvalue weighted by Crippen LogP contribution is -2.54. The number of fused-ring (bicyclic) bond motifs is 5. The van der Waals surface area contributed by atoms with Crippen LogP contribution >= 0.6 is 12.4 Å². The fourth-order valence-corrected chi connectivity index (χ4v) is 8.62. The molecule has 0 bridgehead atoms. The third-order valence-corrected chi connectivity index (χ3v) is 10.3. The van der Waals surface area contributed by atoms with Crippen molar-refractivity contribution >= 4 is 24.2 Å². The Morgan fingerprint density at radius 1 is 1.03 bits per heavy atom. The van der Waals surface area contributed by atoms with Crippen LogP contribution in [0.1, 0.15) is 85.5 Å². The Morgan fingerprint density at radius 2 is 1.72 bits per heavy atom. The summed E-state index contributed by atoms with van der Waals surface area (Å²) < 4.78 is 5.89. The summed E-state index contributed by atoms with van der Waals surface area (Å²) in [6.45, 7) is 9.00. The predicted octanol–water partition coefficient (Wildman–Crippen LogP) is 4.54. The number of carbonyl (C=O) groups excluding carboxylic acids is 2. The standard InChI is InChI=1S/C26H43NO4.ClH/c1-16(27-13-14-28)24(30)31-19-9-11-25(3)18(15-19)5-6-20-22-8-7-21(17(2)29)26(22,4)12-10-23(20)25;/h16,18-23,27-28H,5-15H2,1-4H3;1H/t16-,18-,19+,20-,21+,22-,23-,25-,26+;/m0./s1. The maximum Gasteiger partial charge on any atom is 0.323 e. The monoisotopic (exact) mass is 469 g/mol. The van der Waals surface area contributed by atoms with Crippen LogP contribution in [0.15, 0.2) is 0 Å². The second-order valence-electron chi connectivity index (χ2n) is 11.7. The van der Waals surface area contributed by atoms with E-state index < -0.39 is 0 Å². The molecule has 9 atom stereocenters. The highest BCUT2D eigenvalue weighted by Gasteiger charge is 2.60. The summed E-state index contributed by atoms with van der Waals surface area (Å²) in [5, 5.41) is 12.0. The smallest absolute Gasteiger partial charge is 0.323 e. The average Bonchev–Trinajstić information content (AvgIpc) is 3.09. The van der Waals surface area contributed by atoms with Crippen molar-refractivity contribution in [2.24, 2.45) is 40.4 Å². The molecule has 5 nitrogen and oxygen atoms in total. The molecule has 0 aromatic rings. The molecule has 4 rings (SSSR count). The minimum Gasteiger partial charge on any atom is -0.461 e. The van der Waals surface area contributed by atoms with Crippen molar-refractivity contribution in [2.45, 2.75) is 97.6 Å². The molecule has 0 heterocycles. The molecule has 0 radical (unpaired) electrons. The van der Waals surface area contributed by atoms with E-state index in [1.54, 1.807) is 0 Å². The van der Waals surface area contributed by atoms with E-state index in [2.05, 4.69) is 19.2 Å². The van der Waals surface area contributed by atoms with Crippen LogP contribution in [-0.4, -0.2) is 42.2 Å². The molecular formula is C26H44ClNO4. The first kappa shape index (κ1) is 26.0. The molecule has 0 aromatic carbocycles. The van der Waals surface area contributed by atoms with Gasteiger partial charge >= 0.3 is 5.97 Å². The molecule has 0 unspecified atom stereocenters. The van der Waals surface area contributed by atoms with E-state index in [1.807, 2.05) is 13.8 Å². The Kier molecular flexibility index (Phi) is 8.04. The minimum absolute atomic E-state index is 0. The molecule has 4 aliphatic rings. The summed E-state index contributed by atoms with van der Waals surface area (Å²) in [6, 6.07) is -0.371. The summed E-state index contributed by atoms with van der Waals surface area (Å²) in [5.41, 5.74) is 0.572. The summed E-state index contributed by atoms with van der Waals surface area (Å²) in [6.07, 6.45) is 10.5. The van der Waals surface area contributed by atoms with E-state index in [1.165, 1.54) is 32.1 Å². The first-order valence-corrected chi connectivity index (χ1v) is 12.8. The van der Waals surface area contributed by atoms with Crippen LogP contribution < -0.4 is 5.32 Å². The molecule has 32 heavy (non-hydrogen) atoms. The van der Waals surface area contributed by atoms with E-state index in [0.29, 0.717) is 29.6 Å². The quantitative estimate of drug-likeness (QED) is 0.558. The molecule has 0 amide bonds. The zero-order chi connectivity index (χ0) is 22.4. The topological polar surface area (TPSA) is 75.6 Å². The molecule has 0 aromatic heterocycles. The van der Waals surface area contributed by atoms with Crippen LogP contribution in [-0.2, 0) is 14.3 Å². The summed E-state index contributed by atoms with van der Waals surface area (Å²) >= 11 is 0. The zero-order valence-corrected chi connectivity index (χ0v) is 21.2. The van der Waals surface area contributed by atoms with Crippen LogP contribution in [0.4, 0.5) is 0 Å². The van der Waals surface area contributed by atoms with Crippen LogP contribution in [0.3, 0.4) is 0 Å². The normalized spacial score (nSPS) is 43.8. The van der Waals surface area contributed by atoms with E-state index in [4.69, 9.17) is 9.84 Å². The number of hydrogen-bond donors (Lipinski definition) is 2. The summed E-state index contributed by atoms with van der Waals surface area (Å²) in [7, 11) is 0. The molecule has 4 saturated carbocycles. The van der Waals surface area contributed by atoms with Gasteiger partial charge in [0.2, 0.25) is 0 Å². The van der Waals surface area contributed by atoms with Crippen molar-refractivity contribution in [3.8, 4) is 0 Å². The lowest BCUT2D eigenvalue weighted by molar-refractivity contribution is -0.164. The number of aliphatic hydroxyl groups excluding tert-OH is 1. The SMILES string of the molecule is CC(=O)[C@H]1CC[C@H]2[C@@H]3CC[C@H]4C[C@H](OC(=O)[C@H](C)NCCO)CC[C@]4(C)[C@H]3CC[C@]12C.Cl. The number of aliphatic hydroxyl groups is 1. The summed E-state index contributed by atoms with van der Waals surface area (Å²) in [5.74, 6) is 3.38. The van der Waals surface area contributed by atoms with Crippen molar-refractivity contribution in [3.05, 3.63) is 0 Å². The molecule has 4 aliphatic carbocycles. The lowest BCUT2D eigenvalue weighted by atomic mass is 9.44. The Labute approximate surface area is 200 Å². The third-order valence-electron chi connectivity index (χ3n) is 10.3. The van der Waals surface area contributed by atoms with Gasteiger partial charge in [0.05, 0.1) is 6.61 Å². The number of Topliss-reactive ketones (excluding diaryl/α,β-unsaturated/α-hetero) is 1. The van der Waals surface area contributed by atoms with Gasteiger partial charge in [-0.05, 0) is 106 Å². The highest BCUT2D eigenvalue weighted by atomic mass is 35.5. The molecule has 4 fully saturated rings. The van der Waals surface area contributed by atoms with Gasteiger partial charge in [0.15, 0.2) is 0 Å². The van der Waals surface area contributed by atoms with Crippen molar-refractivity contribution in [1.29, 1.82) is 0 Å². The maximum atomic E-state index is 12.4. The highest BCUT2D eigenvalue weighted by molar-refractivity contribution is 5.85. The summed E-state index contributed by atoms with van der Waals surface area (Å²) in [4.78, 5) is 24.8. The molecular weight excluding hydrogens is 426 g/mol. The van der Waals surface area contributed by atoms with Gasteiger partial charge in [0.25, 0.3) is 0 Å². The second kappa shape index (κ2) is 9.92. The van der Waals surface area contributed by atoms with Crippen molar-refractivity contribution in [1.82, 2.24) is 5.32 Å². The van der Waals surface area contributed by atoms with Gasteiger partial charge in [-0.15, -0.1) is 12.4 Å². The molecule has 0 saturated heterocycles. The third kappa shape index (κ3) is 4.38. The number of carbonyl (C=O) groups is 2. The van der Waals surface area contributed by atoms with Crippen molar-refractivity contribution < 1.29 is 19.4 Å². The number of halogens is 1. The van der Waals surface area contributed by atoms with Gasteiger partial charge < -0.3 is 15.2 Å². The van der Waals surface area contributed by atoms with E-state index in [9.17, 15) is 9.59 Å². The van der Waals surface area contributed by atoms with Gasteiger partial charge in [-0.2, -0.15) is 0 Å². The largest absolute Gasteiger partial charge is 0.461 e. The number of ether oxygens (including phenoxy) is 1. The number of hydrogen-bond acceptors (Lipinski definition) is 5. The van der Waals surface area contributed by atoms with Crippen LogP contribution in [0.25, 0.3) is 0 Å². The van der Waals surface area contributed by atoms with Gasteiger partial charge in [-0.1, -0.05) is 13.8 Å². The van der Waals surface area contributed by atoms with E-state index >= 15 is 0 Å². The number of esters is 1. The highest BCUT2D eigenvalue weighted by Crippen LogP contribution is 2.67. The first-order valence-electron chi connectivity index (χ1n) is 12.8. The van der Waals surface area contributed by atoms with E-state index in [-0.39, 0.29) is 48.5 Å². The van der Waals surface area contributed by atoms with Crippen molar-refractivity contribution in [2.75, 3.05) is 13.2 Å². The van der Waals surface area contributed by atoms with Gasteiger partial charge in [0, 0.05) is 12.5 Å². The molecule has 0 spiro atoms. The van der Waals surface area contributed by atoms with Crippen LogP contribution in [0.2, 0.25) is 0 Å². The number of ketones is 1. The minimum atomic E-state index is -0.371. The average molecular weight is 470 g/mol.